The van der Waals surface area contributed by atoms with Gasteiger partial charge in [0.25, 0.3) is 5.91 Å². The number of carbonyl (C=O) groups excluding carboxylic acids is 7. The van der Waals surface area contributed by atoms with Gasteiger partial charge in [0.05, 0.1) is 52.5 Å². The monoisotopic (exact) mass is 902 g/mol. The van der Waals surface area contributed by atoms with E-state index in [9.17, 15) is 43.5 Å². The number of allylic oxidation sites excluding steroid dienone is 1. The summed E-state index contributed by atoms with van der Waals surface area (Å²) < 4.78 is 12.5. The molecular formula is C40H56N9O11S2+. The van der Waals surface area contributed by atoms with Gasteiger partial charge in [0.1, 0.15) is 43.0 Å². The number of unbranched alkanes of at least 4 members (excludes halogenated alkanes) is 1. The molecule has 3 fully saturated rings. The quantitative estimate of drug-likeness (QED) is 0.0632. The molecule has 0 spiro atoms. The minimum absolute atomic E-state index is 0.0318. The number of ether oxygens (including phenoxy) is 2. The van der Waals surface area contributed by atoms with E-state index < -0.39 is 90.6 Å². The molecule has 0 aliphatic carbocycles. The second-order valence-corrected chi connectivity index (χ2v) is 18.3. The number of hydrogen-bond donors (Lipinski definition) is 8. The van der Waals surface area contributed by atoms with Gasteiger partial charge in [-0.05, 0) is 19.4 Å². The van der Waals surface area contributed by atoms with E-state index in [2.05, 4.69) is 38.6 Å². The number of amides is 7. The average Bonchev–Trinajstić information content (AvgIpc) is 3.86. The number of likely N-dealkylation sites (N-methyl/N-ethyl adjacent to an activating group) is 1. The summed E-state index contributed by atoms with van der Waals surface area (Å²) in [6.07, 6.45) is 3.01. The Morgan fingerprint density at radius 2 is 1.79 bits per heavy atom. The number of nitrogens with two attached hydrogens (primary N) is 1. The summed E-state index contributed by atoms with van der Waals surface area (Å²) in [7, 11) is 4.57. The second-order valence-electron chi connectivity index (χ2n) is 15.7. The van der Waals surface area contributed by atoms with Crippen LogP contribution in [0.3, 0.4) is 0 Å². The number of para-hydroxylation sites is 1. The van der Waals surface area contributed by atoms with Gasteiger partial charge in [-0.3, -0.25) is 38.4 Å². The van der Waals surface area contributed by atoms with E-state index in [-0.39, 0.29) is 43.2 Å². The summed E-state index contributed by atoms with van der Waals surface area (Å²) >= 11 is 0. The molecule has 22 heteroatoms. The number of benzene rings is 1. The van der Waals surface area contributed by atoms with Crippen LogP contribution >= 0.6 is 21.6 Å². The van der Waals surface area contributed by atoms with Gasteiger partial charge in [-0.2, -0.15) is 0 Å². The second kappa shape index (κ2) is 22.8. The maximum Gasteiger partial charge on any atom is 0.305 e. The fourth-order valence-corrected chi connectivity index (χ4v) is 9.46. The number of fused-ring (bicyclic) bond motifs is 2. The Bertz CT molecular complexity index is 2010. The maximum atomic E-state index is 14.0. The van der Waals surface area contributed by atoms with Crippen molar-refractivity contribution in [3.63, 3.8) is 0 Å². The van der Waals surface area contributed by atoms with Crippen molar-refractivity contribution >= 4 is 79.8 Å². The molecule has 5 rings (SSSR count). The Balaban J connectivity index is 1.32. The van der Waals surface area contributed by atoms with Gasteiger partial charge in [-0.25, -0.2) is 0 Å². The third-order valence-corrected chi connectivity index (χ3v) is 13.3. The molecule has 0 saturated carbocycles. The van der Waals surface area contributed by atoms with Crippen molar-refractivity contribution in [3.8, 4) is 0 Å². The maximum absolute atomic E-state index is 14.0. The molecule has 4 heterocycles. The number of carbonyl (C=O) groups is 8. The first-order valence-corrected chi connectivity index (χ1v) is 22.9. The lowest BCUT2D eigenvalue weighted by Crippen LogP contribution is -2.57. The van der Waals surface area contributed by atoms with Gasteiger partial charge in [0.2, 0.25) is 35.4 Å². The Kier molecular flexibility index (Phi) is 17.6. The molecule has 5 atom stereocenters. The number of carboxylic acids is 1. The summed E-state index contributed by atoms with van der Waals surface area (Å²) in [4.78, 5) is 110. The van der Waals surface area contributed by atoms with Gasteiger partial charge in [-0.15, -0.1) is 0 Å². The highest BCUT2D eigenvalue weighted by molar-refractivity contribution is 8.76. The lowest BCUT2D eigenvalue weighted by Gasteiger charge is -2.37. The van der Waals surface area contributed by atoms with E-state index in [1.54, 1.807) is 12.3 Å². The molecule has 1 aromatic carbocycles. The molecule has 62 heavy (non-hydrogen) atoms. The lowest BCUT2D eigenvalue weighted by atomic mass is 10.1. The Hall–Kier alpha value is -5.16. The topological polar surface area (TPSA) is 280 Å². The molecule has 0 bridgehead atoms. The van der Waals surface area contributed by atoms with Crippen LogP contribution in [0.15, 0.2) is 42.2 Å². The SMILES string of the molecule is C[C@@H]1NC(=O)C(CC(=O)O)NC(=O)CNC(=O)/C(=C\CCC[N+]2(C)CCOCC2)NC(=O)CCSSC[C@@H](C(N)=O)NC(=O)C2CC(OCc3c[nH]c4ccccc34)CN2C1=O. The highest BCUT2D eigenvalue weighted by atomic mass is 33.1. The fraction of sp³-hybridized carbons (Fsp3) is 0.550. The third kappa shape index (κ3) is 13.9. The van der Waals surface area contributed by atoms with Crippen LogP contribution in [0, 0.1) is 0 Å². The van der Waals surface area contributed by atoms with E-state index in [1.807, 2.05) is 24.3 Å². The number of aliphatic carboxylic acids is 1. The zero-order valence-electron chi connectivity index (χ0n) is 34.8. The predicted molar refractivity (Wildman–Crippen MR) is 230 cm³/mol. The molecule has 3 aliphatic heterocycles. The van der Waals surface area contributed by atoms with Crippen LogP contribution in [0.5, 0.6) is 0 Å². The Morgan fingerprint density at radius 1 is 1.03 bits per heavy atom. The number of primary amides is 1. The normalized spacial score (nSPS) is 25.9. The zero-order valence-corrected chi connectivity index (χ0v) is 36.4. The van der Waals surface area contributed by atoms with Gasteiger partial charge in [-0.1, -0.05) is 45.9 Å². The van der Waals surface area contributed by atoms with Crippen molar-refractivity contribution in [3.05, 3.63) is 47.8 Å². The van der Waals surface area contributed by atoms with E-state index in [0.717, 1.165) is 40.6 Å². The first-order valence-electron chi connectivity index (χ1n) is 20.4. The summed E-state index contributed by atoms with van der Waals surface area (Å²) in [5.41, 5.74) is 7.36. The highest BCUT2D eigenvalue weighted by Gasteiger charge is 2.43. The summed E-state index contributed by atoms with van der Waals surface area (Å²) in [5.74, 6) is -6.54. The molecule has 20 nitrogen and oxygen atoms in total. The van der Waals surface area contributed by atoms with Crippen molar-refractivity contribution < 1.29 is 57.4 Å². The van der Waals surface area contributed by atoms with Crippen molar-refractivity contribution in [1.29, 1.82) is 0 Å². The molecule has 3 saturated heterocycles. The number of aromatic nitrogens is 1. The fourth-order valence-electron chi connectivity index (χ4n) is 7.29. The summed E-state index contributed by atoms with van der Waals surface area (Å²) in [5, 5.41) is 23.0. The number of morpholine rings is 1. The first-order chi connectivity index (χ1) is 29.6. The van der Waals surface area contributed by atoms with Crippen LogP contribution in [-0.4, -0.2) is 162 Å². The molecule has 3 aliphatic rings. The number of nitrogens with one attached hydrogen (secondary N) is 6. The molecule has 7 amide bonds. The van der Waals surface area contributed by atoms with Crippen molar-refractivity contribution in [2.24, 2.45) is 5.73 Å². The van der Waals surface area contributed by atoms with Crippen LogP contribution < -0.4 is 32.3 Å². The Morgan fingerprint density at radius 3 is 2.53 bits per heavy atom. The number of quaternary nitrogens is 1. The van der Waals surface area contributed by atoms with Crippen LogP contribution in [0.2, 0.25) is 0 Å². The number of carboxylic acid groups (broad SMARTS) is 1. The number of hydrogen-bond acceptors (Lipinski definition) is 12. The van der Waals surface area contributed by atoms with Gasteiger partial charge < -0.3 is 61.3 Å². The highest BCUT2D eigenvalue weighted by Crippen LogP contribution is 2.27. The zero-order chi connectivity index (χ0) is 44.8. The smallest absolute Gasteiger partial charge is 0.305 e. The van der Waals surface area contributed by atoms with Gasteiger partial charge >= 0.3 is 5.97 Å². The van der Waals surface area contributed by atoms with Crippen LogP contribution in [-0.2, 0) is 54.4 Å². The third-order valence-electron chi connectivity index (χ3n) is 10.9. The van der Waals surface area contributed by atoms with Crippen molar-refractivity contribution in [2.75, 3.05) is 64.5 Å². The summed E-state index contributed by atoms with van der Waals surface area (Å²) in [6, 6.07) is 2.34. The minimum Gasteiger partial charge on any atom is -0.481 e. The van der Waals surface area contributed by atoms with E-state index in [4.69, 9.17) is 15.2 Å². The molecule has 1 aromatic heterocycles. The summed E-state index contributed by atoms with van der Waals surface area (Å²) in [6.45, 7) is 4.59. The molecule has 3 unspecified atom stereocenters. The molecule has 9 N–H and O–H groups in total. The average molecular weight is 903 g/mol. The van der Waals surface area contributed by atoms with Crippen LogP contribution in [0.25, 0.3) is 10.9 Å². The number of H-pyrrole nitrogens is 1. The number of rotatable bonds is 10. The molecule has 338 valence electrons. The lowest BCUT2D eigenvalue weighted by molar-refractivity contribution is -0.917. The van der Waals surface area contributed by atoms with Gasteiger partial charge in [0.15, 0.2) is 0 Å². The number of nitrogens with zero attached hydrogens (tertiary/aromatic N) is 2. The van der Waals surface area contributed by atoms with E-state index in [1.165, 1.54) is 33.4 Å². The van der Waals surface area contributed by atoms with Gasteiger partial charge in [0, 0.05) is 60.0 Å². The van der Waals surface area contributed by atoms with Crippen molar-refractivity contribution in [2.45, 2.75) is 75.9 Å². The standard InChI is InChI=1S/C40H55N9O11S2/c1-24-40(58)48-21-26(60-22-25-19-42-28-8-4-3-7-27(25)28)17-32(48)39(57)47-31(36(41)54)23-62-61-16-10-33(50)45-29(9-5-6-11-49(2)12-14-59-15-13-49)37(55)43-20-34(51)46-30(18-35(52)53)38(56)44-24/h3-4,7-9,19,24,26,30-32,42H,5-6,10-18,20-23H2,1-2H3,(H7-,41,43,44,45,46,47,50,51,52,53,54,55,56,57)/p+1/b29-9+/t24-,26?,30?,31-,32?/m0/s1. The minimum atomic E-state index is -1.66. The van der Waals surface area contributed by atoms with Crippen molar-refractivity contribution in [1.82, 2.24) is 36.5 Å². The molecule has 2 aromatic rings. The first kappa shape index (κ1) is 47.9. The molecular weight excluding hydrogens is 847 g/mol. The van der Waals surface area contributed by atoms with E-state index in [0.29, 0.717) is 26.1 Å². The van der Waals surface area contributed by atoms with Crippen LogP contribution in [0.1, 0.15) is 44.6 Å². The van der Waals surface area contributed by atoms with Crippen LogP contribution in [0.4, 0.5) is 0 Å². The van der Waals surface area contributed by atoms with E-state index >= 15 is 0 Å². The predicted octanol–water partition coefficient (Wildman–Crippen LogP) is -0.753. The largest absolute Gasteiger partial charge is 0.481 e. The molecule has 0 radical (unpaired) electrons. The number of aromatic amines is 1. The Labute approximate surface area is 366 Å².